The fourth-order valence-corrected chi connectivity index (χ4v) is 2.60. The van der Waals surface area contributed by atoms with Crippen molar-refractivity contribution in [1.82, 2.24) is 10.3 Å². The molecule has 0 aliphatic carbocycles. The van der Waals surface area contributed by atoms with Gasteiger partial charge in [-0.15, -0.1) is 0 Å². The number of aryl methyl sites for hydroxylation is 1. The lowest BCUT2D eigenvalue weighted by Crippen LogP contribution is -2.25. The molecule has 0 aliphatic rings. The number of carbonyl (C=O) groups excluding carboxylic acids is 1. The number of amides is 1. The molecular weight excluding hydrogens is 335 g/mol. The van der Waals surface area contributed by atoms with Crippen molar-refractivity contribution < 1.29 is 18.3 Å². The van der Waals surface area contributed by atoms with Crippen LogP contribution in [0.25, 0.3) is 11.5 Å². The van der Waals surface area contributed by atoms with Gasteiger partial charge in [-0.1, -0.05) is 30.3 Å². The highest BCUT2D eigenvalue weighted by Gasteiger charge is 2.17. The number of para-hydroxylation sites is 1. The maximum absolute atomic E-state index is 13.9. The number of nitrogens with zero attached hydrogens (tertiary/aromatic N) is 1. The van der Waals surface area contributed by atoms with Crippen molar-refractivity contribution in [3.8, 4) is 17.2 Å². The van der Waals surface area contributed by atoms with E-state index in [1.54, 1.807) is 32.2 Å². The summed E-state index contributed by atoms with van der Waals surface area (Å²) in [5.41, 5.74) is 1.64. The molecule has 0 unspecified atom stereocenters. The Hall–Kier alpha value is -3.15. The number of carbonyl (C=O) groups is 1. The number of aromatic nitrogens is 1. The van der Waals surface area contributed by atoms with E-state index in [2.05, 4.69) is 10.3 Å². The highest BCUT2D eigenvalue weighted by atomic mass is 19.1. The third-order valence-corrected chi connectivity index (χ3v) is 3.99. The van der Waals surface area contributed by atoms with Gasteiger partial charge in [0.2, 0.25) is 11.8 Å². The standard InChI is InChI=1S/C20H19FN2O3/c1-13-17(23-20(26-13)15-8-4-5-9-16(15)21)11-19(24)22-12-14-7-3-6-10-18(14)25-2/h3-10H,11-12H2,1-2H3,(H,22,24). The largest absolute Gasteiger partial charge is 0.496 e. The second-order valence-electron chi connectivity index (χ2n) is 5.77. The van der Waals surface area contributed by atoms with E-state index in [0.717, 1.165) is 5.56 Å². The van der Waals surface area contributed by atoms with Gasteiger partial charge in [0.05, 0.1) is 24.8 Å². The van der Waals surface area contributed by atoms with Gasteiger partial charge in [0.1, 0.15) is 17.3 Å². The molecule has 26 heavy (non-hydrogen) atoms. The van der Waals surface area contributed by atoms with Gasteiger partial charge in [-0.05, 0) is 25.1 Å². The number of halogens is 1. The monoisotopic (exact) mass is 354 g/mol. The van der Waals surface area contributed by atoms with Crippen molar-refractivity contribution in [3.63, 3.8) is 0 Å². The van der Waals surface area contributed by atoms with Crippen LogP contribution in [-0.2, 0) is 17.8 Å². The molecule has 5 nitrogen and oxygen atoms in total. The molecule has 0 saturated carbocycles. The summed E-state index contributed by atoms with van der Waals surface area (Å²) in [7, 11) is 1.59. The van der Waals surface area contributed by atoms with E-state index >= 15 is 0 Å². The van der Waals surface area contributed by atoms with Gasteiger partial charge < -0.3 is 14.5 Å². The van der Waals surface area contributed by atoms with Crippen LogP contribution in [0.3, 0.4) is 0 Å². The SMILES string of the molecule is COc1ccccc1CNC(=O)Cc1nc(-c2ccccc2F)oc1C. The predicted octanol–water partition coefficient (Wildman–Crippen LogP) is 3.66. The van der Waals surface area contributed by atoms with Gasteiger partial charge in [0.25, 0.3) is 0 Å². The number of nitrogens with one attached hydrogen (secondary N) is 1. The molecule has 134 valence electrons. The topological polar surface area (TPSA) is 64.4 Å². The molecule has 1 heterocycles. The van der Waals surface area contributed by atoms with Crippen LogP contribution < -0.4 is 10.1 Å². The van der Waals surface area contributed by atoms with E-state index in [4.69, 9.17) is 9.15 Å². The summed E-state index contributed by atoms with van der Waals surface area (Å²) < 4.78 is 24.7. The fourth-order valence-electron chi connectivity index (χ4n) is 2.60. The molecule has 0 atom stereocenters. The summed E-state index contributed by atoms with van der Waals surface area (Å²) in [6, 6.07) is 13.7. The summed E-state index contributed by atoms with van der Waals surface area (Å²) in [6.07, 6.45) is 0.0545. The number of ether oxygens (including phenoxy) is 1. The van der Waals surface area contributed by atoms with Gasteiger partial charge in [-0.3, -0.25) is 4.79 Å². The first-order chi connectivity index (χ1) is 12.6. The van der Waals surface area contributed by atoms with E-state index in [0.29, 0.717) is 23.7 Å². The van der Waals surface area contributed by atoms with E-state index in [1.165, 1.54) is 6.07 Å². The summed E-state index contributed by atoms with van der Waals surface area (Å²) in [5.74, 6) is 0.768. The molecule has 0 bridgehead atoms. The van der Waals surface area contributed by atoms with Crippen molar-refractivity contribution in [2.24, 2.45) is 0 Å². The first-order valence-electron chi connectivity index (χ1n) is 8.18. The molecule has 3 aromatic rings. The number of methoxy groups -OCH3 is 1. The van der Waals surface area contributed by atoms with Crippen molar-refractivity contribution in [2.45, 2.75) is 19.9 Å². The van der Waals surface area contributed by atoms with Gasteiger partial charge in [-0.2, -0.15) is 0 Å². The Kier molecular flexibility index (Phi) is 5.31. The molecule has 1 aromatic heterocycles. The Morgan fingerprint density at radius 3 is 2.69 bits per heavy atom. The van der Waals surface area contributed by atoms with Crippen LogP contribution in [0.1, 0.15) is 17.0 Å². The van der Waals surface area contributed by atoms with Crippen LogP contribution >= 0.6 is 0 Å². The van der Waals surface area contributed by atoms with Crippen LogP contribution in [0.15, 0.2) is 52.9 Å². The van der Waals surface area contributed by atoms with Gasteiger partial charge in [-0.25, -0.2) is 9.37 Å². The minimum Gasteiger partial charge on any atom is -0.496 e. The molecular formula is C20H19FN2O3. The molecule has 1 N–H and O–H groups in total. The van der Waals surface area contributed by atoms with Crippen molar-refractivity contribution in [1.29, 1.82) is 0 Å². The molecule has 0 fully saturated rings. The predicted molar refractivity (Wildman–Crippen MR) is 95.2 cm³/mol. The highest BCUT2D eigenvalue weighted by Crippen LogP contribution is 2.24. The lowest BCUT2D eigenvalue weighted by molar-refractivity contribution is -0.120. The van der Waals surface area contributed by atoms with Crippen LogP contribution in [-0.4, -0.2) is 18.0 Å². The Balaban J connectivity index is 1.67. The second kappa shape index (κ2) is 7.82. The van der Waals surface area contributed by atoms with E-state index in [1.807, 2.05) is 24.3 Å². The Labute approximate surface area is 150 Å². The maximum atomic E-state index is 13.9. The normalized spacial score (nSPS) is 10.6. The summed E-state index contributed by atoms with van der Waals surface area (Å²) in [6.45, 7) is 2.06. The quantitative estimate of drug-likeness (QED) is 0.734. The first kappa shape index (κ1) is 17.7. The zero-order valence-electron chi connectivity index (χ0n) is 14.6. The number of hydrogen-bond donors (Lipinski definition) is 1. The molecule has 3 rings (SSSR count). The van der Waals surface area contributed by atoms with Gasteiger partial charge in [0.15, 0.2) is 0 Å². The molecule has 0 saturated heterocycles. The number of oxazole rings is 1. The number of hydrogen-bond acceptors (Lipinski definition) is 4. The lowest BCUT2D eigenvalue weighted by atomic mass is 10.2. The molecule has 0 spiro atoms. The first-order valence-corrected chi connectivity index (χ1v) is 8.18. The number of rotatable bonds is 6. The fraction of sp³-hybridized carbons (Fsp3) is 0.200. The van der Waals surface area contributed by atoms with E-state index in [-0.39, 0.29) is 23.8 Å². The highest BCUT2D eigenvalue weighted by molar-refractivity contribution is 5.78. The maximum Gasteiger partial charge on any atom is 0.229 e. The Morgan fingerprint density at radius 2 is 1.92 bits per heavy atom. The van der Waals surface area contributed by atoms with E-state index in [9.17, 15) is 9.18 Å². The Bertz CT molecular complexity index is 921. The van der Waals surface area contributed by atoms with E-state index < -0.39 is 5.82 Å². The van der Waals surface area contributed by atoms with Gasteiger partial charge in [0, 0.05) is 12.1 Å². The lowest BCUT2D eigenvalue weighted by Gasteiger charge is -2.09. The minimum absolute atomic E-state index is 0.0545. The minimum atomic E-state index is -0.416. The smallest absolute Gasteiger partial charge is 0.229 e. The van der Waals surface area contributed by atoms with Crippen molar-refractivity contribution in [2.75, 3.05) is 7.11 Å². The number of benzene rings is 2. The van der Waals surface area contributed by atoms with Crippen LogP contribution in [0.5, 0.6) is 5.75 Å². The molecule has 2 aromatic carbocycles. The average Bonchev–Trinajstić information content (AvgIpc) is 3.00. The molecule has 1 amide bonds. The van der Waals surface area contributed by atoms with Crippen molar-refractivity contribution in [3.05, 3.63) is 71.4 Å². The van der Waals surface area contributed by atoms with Crippen LogP contribution in [0.4, 0.5) is 4.39 Å². The van der Waals surface area contributed by atoms with Gasteiger partial charge >= 0.3 is 0 Å². The third kappa shape index (κ3) is 3.91. The second-order valence-corrected chi connectivity index (χ2v) is 5.77. The van der Waals surface area contributed by atoms with Crippen LogP contribution in [0.2, 0.25) is 0 Å². The molecule has 0 aliphatic heterocycles. The molecule has 0 radical (unpaired) electrons. The summed E-state index contributed by atoms with van der Waals surface area (Å²) in [5, 5.41) is 2.84. The zero-order chi connectivity index (χ0) is 18.5. The summed E-state index contributed by atoms with van der Waals surface area (Å²) in [4.78, 5) is 16.5. The zero-order valence-corrected chi connectivity index (χ0v) is 14.6. The third-order valence-electron chi connectivity index (χ3n) is 3.99. The Morgan fingerprint density at radius 1 is 1.19 bits per heavy atom. The average molecular weight is 354 g/mol. The van der Waals surface area contributed by atoms with Crippen LogP contribution in [0, 0.1) is 12.7 Å². The summed E-state index contributed by atoms with van der Waals surface area (Å²) >= 11 is 0. The molecule has 6 heteroatoms. The van der Waals surface area contributed by atoms with Crippen molar-refractivity contribution >= 4 is 5.91 Å².